The number of allylic oxidation sites excluding steroid dienone is 1. The first kappa shape index (κ1) is 18.9. The summed E-state index contributed by atoms with van der Waals surface area (Å²) in [5.74, 6) is -0.294. The van der Waals surface area contributed by atoms with Crippen LogP contribution >= 0.6 is 0 Å². The summed E-state index contributed by atoms with van der Waals surface area (Å²) < 4.78 is 28.6. The van der Waals surface area contributed by atoms with Crippen LogP contribution in [0.25, 0.3) is 16.7 Å². The van der Waals surface area contributed by atoms with Crippen LogP contribution in [-0.2, 0) is 6.42 Å². The maximum Gasteiger partial charge on any atom is 0.147 e. The molecule has 4 nitrogen and oxygen atoms in total. The van der Waals surface area contributed by atoms with Crippen molar-refractivity contribution < 1.29 is 8.78 Å². The molecule has 0 unspecified atom stereocenters. The highest BCUT2D eigenvalue weighted by atomic mass is 19.1. The van der Waals surface area contributed by atoms with Gasteiger partial charge in [0.15, 0.2) is 0 Å². The van der Waals surface area contributed by atoms with E-state index in [4.69, 9.17) is 10.7 Å². The summed E-state index contributed by atoms with van der Waals surface area (Å²) in [6, 6.07) is 9.74. The number of aromatic nitrogens is 2. The molecule has 2 heterocycles. The van der Waals surface area contributed by atoms with E-state index in [1.807, 2.05) is 12.1 Å². The van der Waals surface area contributed by atoms with E-state index in [1.165, 1.54) is 18.2 Å². The molecule has 0 amide bonds. The van der Waals surface area contributed by atoms with Crippen molar-refractivity contribution in [2.45, 2.75) is 25.3 Å². The summed E-state index contributed by atoms with van der Waals surface area (Å²) in [5.41, 5.74) is 10.3. The largest absolute Gasteiger partial charge is 0.355 e. The van der Waals surface area contributed by atoms with E-state index in [9.17, 15) is 8.78 Å². The minimum atomic E-state index is -0.566. The molecule has 2 N–H and O–H groups in total. The summed E-state index contributed by atoms with van der Waals surface area (Å²) in [5, 5.41) is 0. The first-order valence-electron chi connectivity index (χ1n) is 10.2. The Kier molecular flexibility index (Phi) is 4.79. The summed E-state index contributed by atoms with van der Waals surface area (Å²) in [6.07, 6.45) is 8.27. The van der Waals surface area contributed by atoms with Crippen molar-refractivity contribution in [2.75, 3.05) is 18.0 Å². The topological polar surface area (TPSA) is 55.0 Å². The molecule has 3 aromatic rings. The van der Waals surface area contributed by atoms with Gasteiger partial charge in [0.1, 0.15) is 17.5 Å². The third-order valence-corrected chi connectivity index (χ3v) is 5.94. The molecule has 0 bridgehead atoms. The van der Waals surface area contributed by atoms with Gasteiger partial charge in [-0.15, -0.1) is 0 Å². The zero-order chi connectivity index (χ0) is 20.7. The van der Waals surface area contributed by atoms with Gasteiger partial charge in [-0.05, 0) is 54.2 Å². The summed E-state index contributed by atoms with van der Waals surface area (Å²) in [6.45, 7) is 1.73. The van der Waals surface area contributed by atoms with Crippen LogP contribution in [0.3, 0.4) is 0 Å². The average Bonchev–Trinajstić information content (AvgIpc) is 3.18. The number of fused-ring (bicyclic) bond motifs is 1. The quantitative estimate of drug-likeness (QED) is 0.706. The van der Waals surface area contributed by atoms with E-state index < -0.39 is 11.6 Å². The number of nitrogens with two attached hydrogens (primary N) is 1. The van der Waals surface area contributed by atoms with Crippen molar-refractivity contribution in [1.29, 1.82) is 0 Å². The lowest BCUT2D eigenvalue weighted by atomic mass is 9.96. The molecule has 1 saturated heterocycles. The molecule has 30 heavy (non-hydrogen) atoms. The van der Waals surface area contributed by atoms with Gasteiger partial charge in [-0.1, -0.05) is 24.3 Å². The van der Waals surface area contributed by atoms with Gasteiger partial charge in [-0.25, -0.2) is 13.8 Å². The third-order valence-electron chi connectivity index (χ3n) is 5.94. The lowest BCUT2D eigenvalue weighted by Crippen LogP contribution is -2.40. The molecule has 1 aliphatic carbocycles. The standard InChI is InChI=1S/C24H22F2N4/c25-20-2-1-3-21(26)24(20)16-5-4-15-6-7-18(19(15)12-16)22-13-28-14-23(29-22)30-10-8-17(27)9-11-30/h1-5,7,12-14,17H,6,8-11,27H2. The molecule has 2 aromatic carbocycles. The average molecular weight is 404 g/mol. The summed E-state index contributed by atoms with van der Waals surface area (Å²) >= 11 is 0. The highest BCUT2D eigenvalue weighted by molar-refractivity contribution is 5.85. The SMILES string of the molecule is NC1CCN(c2cncc(C3=CCc4ccc(-c5c(F)cccc5F)cc43)n2)CC1. The molecule has 5 rings (SSSR count). The van der Waals surface area contributed by atoms with Gasteiger partial charge in [-0.3, -0.25) is 4.98 Å². The van der Waals surface area contributed by atoms with Crippen LogP contribution in [0, 0.1) is 11.6 Å². The Morgan fingerprint density at radius 1 is 1.00 bits per heavy atom. The molecule has 0 atom stereocenters. The predicted octanol–water partition coefficient (Wildman–Crippen LogP) is 4.34. The Hall–Kier alpha value is -3.12. The fraction of sp³-hybridized carbons (Fsp3) is 0.250. The molecule has 152 valence electrons. The van der Waals surface area contributed by atoms with Crippen LogP contribution in [-0.4, -0.2) is 29.1 Å². The van der Waals surface area contributed by atoms with Crippen molar-refractivity contribution >= 4 is 11.4 Å². The van der Waals surface area contributed by atoms with E-state index in [-0.39, 0.29) is 11.6 Å². The molecule has 1 aromatic heterocycles. The molecule has 6 heteroatoms. The molecular formula is C24H22F2N4. The van der Waals surface area contributed by atoms with E-state index >= 15 is 0 Å². The van der Waals surface area contributed by atoms with Gasteiger partial charge in [0.05, 0.1) is 23.7 Å². The first-order valence-corrected chi connectivity index (χ1v) is 10.2. The molecule has 2 aliphatic rings. The number of rotatable bonds is 3. The lowest BCUT2D eigenvalue weighted by Gasteiger charge is -2.31. The Morgan fingerprint density at radius 3 is 2.53 bits per heavy atom. The summed E-state index contributed by atoms with van der Waals surface area (Å²) in [7, 11) is 0. The van der Waals surface area contributed by atoms with Crippen molar-refractivity contribution in [2.24, 2.45) is 5.73 Å². The molecule has 0 radical (unpaired) electrons. The van der Waals surface area contributed by atoms with E-state index in [0.29, 0.717) is 5.56 Å². The smallest absolute Gasteiger partial charge is 0.147 e. The minimum Gasteiger partial charge on any atom is -0.355 e. The fourth-order valence-corrected chi connectivity index (χ4v) is 4.27. The van der Waals surface area contributed by atoms with Crippen LogP contribution in [0.4, 0.5) is 14.6 Å². The predicted molar refractivity (Wildman–Crippen MR) is 114 cm³/mol. The van der Waals surface area contributed by atoms with Crippen LogP contribution in [0.2, 0.25) is 0 Å². The van der Waals surface area contributed by atoms with Crippen LogP contribution in [0.1, 0.15) is 29.7 Å². The number of piperidine rings is 1. The summed E-state index contributed by atoms with van der Waals surface area (Å²) in [4.78, 5) is 11.5. The monoisotopic (exact) mass is 404 g/mol. The molecule has 0 spiro atoms. The van der Waals surface area contributed by atoms with Crippen molar-refractivity contribution in [3.63, 3.8) is 0 Å². The molecular weight excluding hydrogens is 382 g/mol. The van der Waals surface area contributed by atoms with Crippen LogP contribution < -0.4 is 10.6 Å². The Balaban J connectivity index is 1.50. The number of hydrogen-bond acceptors (Lipinski definition) is 4. The molecule has 0 saturated carbocycles. The Labute approximate surface area is 174 Å². The Bertz CT molecular complexity index is 1110. The third kappa shape index (κ3) is 3.37. The highest BCUT2D eigenvalue weighted by Crippen LogP contribution is 2.36. The van der Waals surface area contributed by atoms with Gasteiger partial charge in [0.2, 0.25) is 0 Å². The Morgan fingerprint density at radius 2 is 1.77 bits per heavy atom. The van der Waals surface area contributed by atoms with E-state index in [2.05, 4.69) is 16.0 Å². The molecule has 1 fully saturated rings. The zero-order valence-corrected chi connectivity index (χ0v) is 16.5. The maximum atomic E-state index is 14.3. The zero-order valence-electron chi connectivity index (χ0n) is 16.5. The van der Waals surface area contributed by atoms with Gasteiger partial charge in [0.25, 0.3) is 0 Å². The van der Waals surface area contributed by atoms with Crippen LogP contribution in [0.5, 0.6) is 0 Å². The van der Waals surface area contributed by atoms with Crippen molar-refractivity contribution in [1.82, 2.24) is 9.97 Å². The normalized spacial score (nSPS) is 16.5. The first-order chi connectivity index (χ1) is 14.6. The number of benzene rings is 2. The van der Waals surface area contributed by atoms with Crippen molar-refractivity contribution in [3.8, 4) is 11.1 Å². The van der Waals surface area contributed by atoms with Gasteiger partial charge < -0.3 is 10.6 Å². The highest BCUT2D eigenvalue weighted by Gasteiger charge is 2.22. The van der Waals surface area contributed by atoms with Crippen molar-refractivity contribution in [3.05, 3.63) is 83.3 Å². The molecule has 1 aliphatic heterocycles. The van der Waals surface area contributed by atoms with Crippen LogP contribution in [0.15, 0.2) is 54.9 Å². The fourth-order valence-electron chi connectivity index (χ4n) is 4.27. The van der Waals surface area contributed by atoms with E-state index in [0.717, 1.165) is 60.6 Å². The number of anilines is 1. The second-order valence-corrected chi connectivity index (χ2v) is 7.88. The minimum absolute atomic E-state index is 0.00367. The van der Waals surface area contributed by atoms with Gasteiger partial charge in [0, 0.05) is 24.7 Å². The second kappa shape index (κ2) is 7.61. The number of halogens is 2. The van der Waals surface area contributed by atoms with Gasteiger partial charge >= 0.3 is 0 Å². The second-order valence-electron chi connectivity index (χ2n) is 7.88. The number of hydrogen-bond donors (Lipinski definition) is 1. The van der Waals surface area contributed by atoms with E-state index in [1.54, 1.807) is 18.5 Å². The lowest BCUT2D eigenvalue weighted by molar-refractivity contribution is 0.498. The van der Waals surface area contributed by atoms with Gasteiger partial charge in [-0.2, -0.15) is 0 Å². The number of nitrogens with zero attached hydrogens (tertiary/aromatic N) is 3. The maximum absolute atomic E-state index is 14.3.